The van der Waals surface area contributed by atoms with Gasteiger partial charge in [0.1, 0.15) is 4.21 Å². The van der Waals surface area contributed by atoms with Crippen LogP contribution < -0.4 is 5.32 Å². The highest BCUT2D eigenvalue weighted by Crippen LogP contribution is 2.27. The zero-order chi connectivity index (χ0) is 22.7. The van der Waals surface area contributed by atoms with Crippen LogP contribution in [-0.4, -0.2) is 41.9 Å². The molecule has 3 heterocycles. The first kappa shape index (κ1) is 22.6. The fourth-order valence-corrected chi connectivity index (χ4v) is 6.36. The predicted molar refractivity (Wildman–Crippen MR) is 122 cm³/mol. The molecule has 1 amide bonds. The first-order valence-corrected chi connectivity index (χ1v) is 12.9. The summed E-state index contributed by atoms with van der Waals surface area (Å²) in [5, 5.41) is 12.3. The molecule has 1 atom stereocenters. The molecule has 1 aliphatic rings. The lowest BCUT2D eigenvalue weighted by atomic mass is 9.99. The Hall–Kier alpha value is -2.56. The Bertz CT molecular complexity index is 1160. The van der Waals surface area contributed by atoms with Crippen molar-refractivity contribution in [3.8, 4) is 0 Å². The zero-order valence-electron chi connectivity index (χ0n) is 18.0. The van der Waals surface area contributed by atoms with E-state index in [1.54, 1.807) is 17.5 Å². The van der Waals surface area contributed by atoms with Crippen molar-refractivity contribution in [2.45, 2.75) is 43.2 Å². The van der Waals surface area contributed by atoms with Gasteiger partial charge in [-0.15, -0.1) is 16.4 Å². The van der Waals surface area contributed by atoms with E-state index in [0.717, 1.165) is 5.56 Å². The summed E-state index contributed by atoms with van der Waals surface area (Å²) in [6.07, 6.45) is 1.69. The van der Waals surface area contributed by atoms with Gasteiger partial charge in [-0.25, -0.2) is 8.42 Å². The molecule has 0 bridgehead atoms. The number of nitrogens with one attached hydrogen (secondary N) is 1. The monoisotopic (exact) mass is 474 g/mol. The maximum absolute atomic E-state index is 12.8. The molecule has 1 N–H and O–H groups in total. The number of anilines is 1. The lowest BCUT2D eigenvalue weighted by Gasteiger charge is -2.30. The van der Waals surface area contributed by atoms with Gasteiger partial charge in [-0.3, -0.25) is 10.1 Å². The summed E-state index contributed by atoms with van der Waals surface area (Å²) >= 11 is 1.18. The molecule has 0 radical (unpaired) electrons. The van der Waals surface area contributed by atoms with E-state index >= 15 is 0 Å². The predicted octanol–water partition coefficient (Wildman–Crippen LogP) is 3.88. The van der Waals surface area contributed by atoms with Crippen molar-refractivity contribution < 1.29 is 17.6 Å². The molecular formula is C22H26N4O4S2. The molecule has 0 spiro atoms. The van der Waals surface area contributed by atoms with Crippen LogP contribution in [0.1, 0.15) is 49.6 Å². The number of sulfonamides is 1. The van der Waals surface area contributed by atoms with Gasteiger partial charge in [0.05, 0.1) is 12.3 Å². The van der Waals surface area contributed by atoms with Gasteiger partial charge in [0.2, 0.25) is 11.8 Å². The molecule has 1 saturated heterocycles. The summed E-state index contributed by atoms with van der Waals surface area (Å²) < 4.78 is 32.8. The molecule has 170 valence electrons. The van der Waals surface area contributed by atoms with Gasteiger partial charge in [-0.05, 0) is 41.3 Å². The minimum Gasteiger partial charge on any atom is -0.407 e. The number of nitrogens with zero attached hydrogens (tertiary/aromatic N) is 3. The third kappa shape index (κ3) is 5.08. The smallest absolute Gasteiger partial charge is 0.322 e. The van der Waals surface area contributed by atoms with Crippen LogP contribution in [0.5, 0.6) is 0 Å². The average molecular weight is 475 g/mol. The van der Waals surface area contributed by atoms with Gasteiger partial charge in [-0.2, -0.15) is 4.31 Å². The largest absolute Gasteiger partial charge is 0.407 e. The van der Waals surface area contributed by atoms with Crippen molar-refractivity contribution in [3.05, 3.63) is 58.8 Å². The quantitative estimate of drug-likeness (QED) is 0.557. The van der Waals surface area contributed by atoms with E-state index < -0.39 is 15.9 Å². The number of benzene rings is 1. The lowest BCUT2D eigenvalue weighted by Crippen LogP contribution is -2.43. The highest BCUT2D eigenvalue weighted by molar-refractivity contribution is 7.91. The van der Waals surface area contributed by atoms with Crippen LogP contribution >= 0.6 is 11.3 Å². The fourth-order valence-electron chi connectivity index (χ4n) is 3.69. The maximum atomic E-state index is 12.8. The van der Waals surface area contributed by atoms with Gasteiger partial charge in [-0.1, -0.05) is 49.3 Å². The first-order chi connectivity index (χ1) is 15.3. The number of hydrogen-bond acceptors (Lipinski definition) is 7. The SMILES string of the molecule is CC(C)c1ccc(Cc2nnc(NC(=O)C3CCCN(S(=O)(=O)c4cccs4)C3)o2)cc1. The van der Waals surface area contributed by atoms with E-state index in [1.807, 2.05) is 12.1 Å². The first-order valence-electron chi connectivity index (χ1n) is 10.6. The van der Waals surface area contributed by atoms with Gasteiger partial charge < -0.3 is 4.42 Å². The van der Waals surface area contributed by atoms with Crippen LogP contribution in [0.15, 0.2) is 50.4 Å². The minimum atomic E-state index is -3.58. The molecule has 10 heteroatoms. The van der Waals surface area contributed by atoms with Crippen LogP contribution in [0.3, 0.4) is 0 Å². The molecular weight excluding hydrogens is 448 g/mol. The highest BCUT2D eigenvalue weighted by Gasteiger charge is 2.34. The summed E-state index contributed by atoms with van der Waals surface area (Å²) in [4.78, 5) is 12.7. The average Bonchev–Trinajstić information content (AvgIpc) is 3.47. The van der Waals surface area contributed by atoms with Crippen molar-refractivity contribution in [2.24, 2.45) is 5.92 Å². The topological polar surface area (TPSA) is 105 Å². The molecule has 1 unspecified atom stereocenters. The molecule has 1 aliphatic heterocycles. The van der Waals surface area contributed by atoms with Gasteiger partial charge in [0.15, 0.2) is 0 Å². The number of thiophene rings is 1. The molecule has 4 rings (SSSR count). The third-order valence-electron chi connectivity index (χ3n) is 5.54. The number of carbonyl (C=O) groups excluding carboxylic acids is 1. The summed E-state index contributed by atoms with van der Waals surface area (Å²) in [5.41, 5.74) is 2.30. The van der Waals surface area contributed by atoms with Gasteiger partial charge in [0, 0.05) is 13.1 Å². The van der Waals surface area contributed by atoms with Crippen molar-refractivity contribution in [2.75, 3.05) is 18.4 Å². The fraction of sp³-hybridized carbons (Fsp3) is 0.409. The summed E-state index contributed by atoms with van der Waals surface area (Å²) in [7, 11) is -3.58. The Kier molecular flexibility index (Phi) is 6.73. The minimum absolute atomic E-state index is 0.0297. The van der Waals surface area contributed by atoms with Crippen molar-refractivity contribution in [3.63, 3.8) is 0 Å². The second-order valence-electron chi connectivity index (χ2n) is 8.20. The zero-order valence-corrected chi connectivity index (χ0v) is 19.7. The van der Waals surface area contributed by atoms with Crippen molar-refractivity contribution >= 4 is 33.3 Å². The number of aromatic nitrogens is 2. The van der Waals surface area contributed by atoms with E-state index in [9.17, 15) is 13.2 Å². The second-order valence-corrected chi connectivity index (χ2v) is 11.3. The molecule has 0 saturated carbocycles. The highest BCUT2D eigenvalue weighted by atomic mass is 32.2. The molecule has 1 aromatic carbocycles. The number of piperidine rings is 1. The number of amides is 1. The number of hydrogen-bond donors (Lipinski definition) is 1. The Labute approximate surface area is 191 Å². The van der Waals surface area contributed by atoms with Crippen LogP contribution in [0, 0.1) is 5.92 Å². The second kappa shape index (κ2) is 9.51. The van der Waals surface area contributed by atoms with Crippen LogP contribution in [0.25, 0.3) is 0 Å². The summed E-state index contributed by atoms with van der Waals surface area (Å²) in [5.74, 6) is 0.0819. The van der Waals surface area contributed by atoms with E-state index in [1.165, 1.54) is 21.2 Å². The Morgan fingerprint density at radius 1 is 1.25 bits per heavy atom. The molecule has 8 nitrogen and oxygen atoms in total. The molecule has 2 aromatic heterocycles. The number of rotatable bonds is 7. The molecule has 1 fully saturated rings. The lowest BCUT2D eigenvalue weighted by molar-refractivity contribution is -0.121. The van der Waals surface area contributed by atoms with Crippen LogP contribution in [0.4, 0.5) is 6.01 Å². The Balaban J connectivity index is 1.36. The van der Waals surface area contributed by atoms with E-state index in [-0.39, 0.29) is 18.5 Å². The van der Waals surface area contributed by atoms with E-state index in [2.05, 4.69) is 41.5 Å². The molecule has 3 aromatic rings. The third-order valence-corrected chi connectivity index (χ3v) is 8.78. The van der Waals surface area contributed by atoms with Gasteiger partial charge in [0.25, 0.3) is 10.0 Å². The van der Waals surface area contributed by atoms with Crippen molar-refractivity contribution in [1.29, 1.82) is 0 Å². The van der Waals surface area contributed by atoms with E-state index in [0.29, 0.717) is 41.8 Å². The van der Waals surface area contributed by atoms with Gasteiger partial charge >= 0.3 is 6.01 Å². The van der Waals surface area contributed by atoms with Crippen molar-refractivity contribution in [1.82, 2.24) is 14.5 Å². The summed E-state index contributed by atoms with van der Waals surface area (Å²) in [6.45, 7) is 4.83. The normalized spacial score (nSPS) is 17.5. The Morgan fingerprint density at radius 3 is 2.72 bits per heavy atom. The Morgan fingerprint density at radius 2 is 2.03 bits per heavy atom. The van der Waals surface area contributed by atoms with Crippen LogP contribution in [0.2, 0.25) is 0 Å². The summed E-state index contributed by atoms with van der Waals surface area (Å²) in [6, 6.07) is 11.5. The number of carbonyl (C=O) groups is 1. The van der Waals surface area contributed by atoms with Crippen LogP contribution in [-0.2, 0) is 21.2 Å². The maximum Gasteiger partial charge on any atom is 0.322 e. The van der Waals surface area contributed by atoms with E-state index in [4.69, 9.17) is 4.42 Å². The standard InChI is InChI=1S/C22H26N4O4S2/c1-15(2)17-9-7-16(8-10-17)13-19-24-25-22(30-19)23-21(27)18-5-3-11-26(14-18)32(28,29)20-6-4-12-31-20/h4,6-10,12,15,18H,3,5,11,13-14H2,1-2H3,(H,23,25,27). The molecule has 32 heavy (non-hydrogen) atoms. The molecule has 0 aliphatic carbocycles.